The molecule has 0 aliphatic heterocycles. The van der Waals surface area contributed by atoms with Crippen LogP contribution < -0.4 is 4.74 Å². The zero-order chi connectivity index (χ0) is 15.1. The molecule has 2 heterocycles. The van der Waals surface area contributed by atoms with Crippen molar-refractivity contribution in [3.8, 4) is 17.0 Å². The van der Waals surface area contributed by atoms with Crippen LogP contribution in [0.5, 0.6) is 5.75 Å². The largest absolute Gasteiger partial charge is 0.497 e. The Kier molecular flexibility index (Phi) is 2.82. The highest BCUT2D eigenvalue weighted by Crippen LogP contribution is 2.30. The highest BCUT2D eigenvalue weighted by Gasteiger charge is 2.11. The molecule has 0 spiro atoms. The van der Waals surface area contributed by atoms with Crippen LogP contribution in [0, 0.1) is 5.82 Å². The number of halogens is 1. The smallest absolute Gasteiger partial charge is 0.136 e. The summed E-state index contributed by atoms with van der Waals surface area (Å²) in [6.45, 7) is 0. The van der Waals surface area contributed by atoms with Gasteiger partial charge >= 0.3 is 0 Å². The maximum Gasteiger partial charge on any atom is 0.136 e. The number of para-hydroxylation sites is 1. The number of fused-ring (bicyclic) bond motifs is 3. The quantitative estimate of drug-likeness (QED) is 0.589. The predicted octanol–water partition coefficient (Wildman–Crippen LogP) is 4.53. The maximum absolute atomic E-state index is 14.2. The number of nitrogens with zero attached hydrogens (tertiary/aromatic N) is 1. The van der Waals surface area contributed by atoms with Crippen LogP contribution >= 0.6 is 0 Å². The molecule has 0 atom stereocenters. The van der Waals surface area contributed by atoms with Crippen molar-refractivity contribution in [2.75, 3.05) is 7.11 Å². The average molecular weight is 292 g/mol. The molecule has 1 N–H and O–H groups in total. The van der Waals surface area contributed by atoms with E-state index in [2.05, 4.69) is 9.97 Å². The van der Waals surface area contributed by atoms with E-state index >= 15 is 0 Å². The monoisotopic (exact) mass is 292 g/mol. The van der Waals surface area contributed by atoms with Crippen molar-refractivity contribution >= 4 is 21.8 Å². The van der Waals surface area contributed by atoms with Crippen molar-refractivity contribution in [2.45, 2.75) is 0 Å². The summed E-state index contributed by atoms with van der Waals surface area (Å²) in [7, 11) is 1.52. The zero-order valence-corrected chi connectivity index (χ0v) is 11.9. The SMILES string of the molecule is COc1ccc(-c2cc3c(cn2)[nH]c2ccccc23)c(F)c1. The Balaban J connectivity index is 1.94. The van der Waals surface area contributed by atoms with Gasteiger partial charge in [-0.3, -0.25) is 4.98 Å². The third-order valence-corrected chi connectivity index (χ3v) is 3.84. The second-order valence-electron chi connectivity index (χ2n) is 5.13. The summed E-state index contributed by atoms with van der Waals surface area (Å²) in [5, 5.41) is 2.14. The molecule has 4 heteroatoms. The average Bonchev–Trinajstić information content (AvgIpc) is 2.92. The van der Waals surface area contributed by atoms with E-state index in [1.165, 1.54) is 13.2 Å². The number of rotatable bonds is 2. The van der Waals surface area contributed by atoms with Crippen LogP contribution in [0.25, 0.3) is 33.1 Å². The van der Waals surface area contributed by atoms with Gasteiger partial charge in [-0.05, 0) is 24.3 Å². The molecule has 0 fully saturated rings. The lowest BCUT2D eigenvalue weighted by Gasteiger charge is -2.05. The summed E-state index contributed by atoms with van der Waals surface area (Å²) >= 11 is 0. The Bertz CT molecular complexity index is 991. The Morgan fingerprint density at radius 2 is 1.86 bits per heavy atom. The molecule has 22 heavy (non-hydrogen) atoms. The molecule has 2 aromatic carbocycles. The Hall–Kier alpha value is -2.88. The van der Waals surface area contributed by atoms with E-state index in [-0.39, 0.29) is 5.82 Å². The summed E-state index contributed by atoms with van der Waals surface area (Å²) in [6, 6.07) is 14.7. The normalized spacial score (nSPS) is 11.2. The number of benzene rings is 2. The van der Waals surface area contributed by atoms with Crippen LogP contribution in [-0.2, 0) is 0 Å². The van der Waals surface area contributed by atoms with Crippen molar-refractivity contribution in [2.24, 2.45) is 0 Å². The van der Waals surface area contributed by atoms with E-state index in [4.69, 9.17) is 4.74 Å². The van der Waals surface area contributed by atoms with Gasteiger partial charge in [-0.1, -0.05) is 18.2 Å². The van der Waals surface area contributed by atoms with Gasteiger partial charge in [-0.25, -0.2) is 4.39 Å². The van der Waals surface area contributed by atoms with Gasteiger partial charge in [-0.15, -0.1) is 0 Å². The minimum Gasteiger partial charge on any atom is -0.497 e. The minimum atomic E-state index is -0.342. The van der Waals surface area contributed by atoms with E-state index in [0.29, 0.717) is 17.0 Å². The van der Waals surface area contributed by atoms with Crippen molar-refractivity contribution in [1.29, 1.82) is 0 Å². The predicted molar refractivity (Wildman–Crippen MR) is 85.5 cm³/mol. The first-order valence-electron chi connectivity index (χ1n) is 6.96. The van der Waals surface area contributed by atoms with E-state index in [0.717, 1.165) is 21.8 Å². The van der Waals surface area contributed by atoms with Gasteiger partial charge in [0.15, 0.2) is 0 Å². The molecule has 2 aromatic heterocycles. The maximum atomic E-state index is 14.2. The lowest BCUT2D eigenvalue weighted by atomic mass is 10.1. The van der Waals surface area contributed by atoms with Gasteiger partial charge in [0.05, 0.1) is 24.5 Å². The van der Waals surface area contributed by atoms with Gasteiger partial charge in [0.1, 0.15) is 11.6 Å². The Labute approximate surface area is 126 Å². The molecule has 0 radical (unpaired) electrons. The number of hydrogen-bond donors (Lipinski definition) is 1. The number of nitrogens with one attached hydrogen (secondary N) is 1. The molecular weight excluding hydrogens is 279 g/mol. The second-order valence-corrected chi connectivity index (χ2v) is 5.13. The van der Waals surface area contributed by atoms with Gasteiger partial charge in [-0.2, -0.15) is 0 Å². The molecule has 0 saturated carbocycles. The molecule has 0 saturated heterocycles. The second kappa shape index (κ2) is 4.84. The van der Waals surface area contributed by atoms with E-state index < -0.39 is 0 Å². The fourth-order valence-corrected chi connectivity index (χ4v) is 2.73. The molecule has 0 amide bonds. The molecule has 0 aliphatic carbocycles. The zero-order valence-electron chi connectivity index (χ0n) is 11.9. The summed E-state index contributed by atoms with van der Waals surface area (Å²) in [6.07, 6.45) is 1.74. The topological polar surface area (TPSA) is 37.9 Å². The number of aromatic amines is 1. The molecule has 0 unspecified atom stereocenters. The lowest BCUT2D eigenvalue weighted by molar-refractivity contribution is 0.411. The van der Waals surface area contributed by atoms with E-state index in [1.807, 2.05) is 30.3 Å². The molecular formula is C18H13FN2O. The first kappa shape index (κ1) is 12.8. The summed E-state index contributed by atoms with van der Waals surface area (Å²) in [5.74, 6) is 0.153. The van der Waals surface area contributed by atoms with Gasteiger partial charge in [0.25, 0.3) is 0 Å². The molecule has 4 rings (SSSR count). The number of methoxy groups -OCH3 is 1. The summed E-state index contributed by atoms with van der Waals surface area (Å²) < 4.78 is 19.3. The third kappa shape index (κ3) is 1.92. The van der Waals surface area contributed by atoms with Gasteiger partial charge < -0.3 is 9.72 Å². The molecule has 4 aromatic rings. The summed E-state index contributed by atoms with van der Waals surface area (Å²) in [5.41, 5.74) is 3.07. The van der Waals surface area contributed by atoms with Gasteiger partial charge in [0.2, 0.25) is 0 Å². The lowest BCUT2D eigenvalue weighted by Crippen LogP contribution is -1.90. The number of ether oxygens (including phenoxy) is 1. The molecule has 0 aliphatic rings. The number of hydrogen-bond acceptors (Lipinski definition) is 2. The van der Waals surface area contributed by atoms with Crippen molar-refractivity contribution in [3.05, 3.63) is 60.5 Å². The van der Waals surface area contributed by atoms with E-state index in [9.17, 15) is 4.39 Å². The molecule has 3 nitrogen and oxygen atoms in total. The van der Waals surface area contributed by atoms with Gasteiger partial charge in [0, 0.05) is 27.9 Å². The van der Waals surface area contributed by atoms with Crippen LogP contribution in [0.2, 0.25) is 0 Å². The fraction of sp³-hybridized carbons (Fsp3) is 0.0556. The van der Waals surface area contributed by atoms with Crippen molar-refractivity contribution < 1.29 is 9.13 Å². The van der Waals surface area contributed by atoms with Crippen LogP contribution in [0.3, 0.4) is 0 Å². The number of pyridine rings is 1. The highest BCUT2D eigenvalue weighted by atomic mass is 19.1. The Morgan fingerprint density at radius 3 is 2.68 bits per heavy atom. The first-order valence-corrected chi connectivity index (χ1v) is 6.96. The molecule has 0 bridgehead atoms. The van der Waals surface area contributed by atoms with Crippen molar-refractivity contribution in [3.63, 3.8) is 0 Å². The molecule has 108 valence electrons. The van der Waals surface area contributed by atoms with Crippen LogP contribution in [-0.4, -0.2) is 17.1 Å². The highest BCUT2D eigenvalue weighted by molar-refractivity contribution is 6.07. The van der Waals surface area contributed by atoms with Crippen molar-refractivity contribution in [1.82, 2.24) is 9.97 Å². The number of aromatic nitrogens is 2. The fourth-order valence-electron chi connectivity index (χ4n) is 2.73. The van der Waals surface area contributed by atoms with Crippen LogP contribution in [0.4, 0.5) is 4.39 Å². The Morgan fingerprint density at radius 1 is 1.00 bits per heavy atom. The third-order valence-electron chi connectivity index (χ3n) is 3.84. The summed E-state index contributed by atoms with van der Waals surface area (Å²) in [4.78, 5) is 7.69. The van der Waals surface area contributed by atoms with E-state index in [1.54, 1.807) is 18.3 Å². The van der Waals surface area contributed by atoms with Crippen LogP contribution in [0.1, 0.15) is 0 Å². The standard InChI is InChI=1S/C18H13FN2O/c1-22-11-6-7-13(15(19)8-11)17-9-14-12-4-2-3-5-16(12)21-18(14)10-20-17/h2-10,21H,1H3. The van der Waals surface area contributed by atoms with Crippen LogP contribution in [0.15, 0.2) is 54.7 Å². The first-order chi connectivity index (χ1) is 10.8. The minimum absolute atomic E-state index is 0.342. The number of H-pyrrole nitrogens is 1.